The van der Waals surface area contributed by atoms with Crippen LogP contribution >= 0.6 is 23.4 Å². The summed E-state index contributed by atoms with van der Waals surface area (Å²) in [7, 11) is 0. The summed E-state index contributed by atoms with van der Waals surface area (Å²) in [6.45, 7) is 1.87. The molecule has 1 atom stereocenters. The van der Waals surface area contributed by atoms with Crippen LogP contribution in [0.2, 0.25) is 5.02 Å². The van der Waals surface area contributed by atoms with E-state index >= 15 is 0 Å². The molecule has 1 aromatic rings. The number of benzene rings is 1. The summed E-state index contributed by atoms with van der Waals surface area (Å²) >= 11 is 7.03. The summed E-state index contributed by atoms with van der Waals surface area (Å²) in [5.74, 6) is 0. The SMILES string of the molecule is CC1=NC(=O)SC1c1ccc(Cl)cc1. The Labute approximate surface area is 91.4 Å². The van der Waals surface area contributed by atoms with Crippen molar-refractivity contribution in [1.82, 2.24) is 0 Å². The summed E-state index contributed by atoms with van der Waals surface area (Å²) in [5.41, 5.74) is 1.94. The number of thioether (sulfide) groups is 1. The quantitative estimate of drug-likeness (QED) is 0.729. The molecule has 0 spiro atoms. The first-order valence-electron chi connectivity index (χ1n) is 4.18. The molecule has 0 saturated heterocycles. The predicted molar refractivity (Wildman–Crippen MR) is 60.3 cm³/mol. The molecule has 1 amide bonds. The van der Waals surface area contributed by atoms with E-state index in [4.69, 9.17) is 11.6 Å². The van der Waals surface area contributed by atoms with Gasteiger partial charge in [-0.2, -0.15) is 0 Å². The van der Waals surface area contributed by atoms with Gasteiger partial charge in [-0.1, -0.05) is 23.7 Å². The van der Waals surface area contributed by atoms with Crippen molar-refractivity contribution < 1.29 is 4.79 Å². The highest BCUT2D eigenvalue weighted by Crippen LogP contribution is 2.36. The molecule has 2 nitrogen and oxygen atoms in total. The standard InChI is InChI=1S/C10H8ClNOS/c1-6-9(14-10(13)12-6)7-2-4-8(11)5-3-7/h2-5,9H,1H3. The molecule has 0 aliphatic carbocycles. The van der Waals surface area contributed by atoms with Crippen LogP contribution in [0.25, 0.3) is 0 Å². The Balaban J connectivity index is 2.29. The number of hydrogen-bond acceptors (Lipinski definition) is 2. The van der Waals surface area contributed by atoms with Crippen molar-refractivity contribution in [2.24, 2.45) is 4.99 Å². The lowest BCUT2D eigenvalue weighted by molar-refractivity contribution is 0.268. The Morgan fingerprint density at radius 3 is 2.50 bits per heavy atom. The second-order valence-electron chi connectivity index (χ2n) is 3.07. The Bertz CT molecular complexity index is 399. The van der Waals surface area contributed by atoms with E-state index in [0.717, 1.165) is 11.3 Å². The number of carbonyl (C=O) groups excluding carboxylic acids is 1. The van der Waals surface area contributed by atoms with Gasteiger partial charge in [-0.3, -0.25) is 4.79 Å². The first-order valence-corrected chi connectivity index (χ1v) is 5.44. The van der Waals surface area contributed by atoms with Crippen LogP contribution in [0.1, 0.15) is 17.7 Å². The lowest BCUT2D eigenvalue weighted by Crippen LogP contribution is -1.99. The molecule has 1 heterocycles. The molecule has 0 saturated carbocycles. The Morgan fingerprint density at radius 1 is 1.36 bits per heavy atom. The summed E-state index contributed by atoms with van der Waals surface area (Å²) in [6.07, 6.45) is 0. The number of amides is 1. The summed E-state index contributed by atoms with van der Waals surface area (Å²) < 4.78 is 0. The predicted octanol–water partition coefficient (Wildman–Crippen LogP) is 3.71. The van der Waals surface area contributed by atoms with E-state index in [2.05, 4.69) is 4.99 Å². The van der Waals surface area contributed by atoms with Crippen LogP contribution < -0.4 is 0 Å². The largest absolute Gasteiger partial charge is 0.305 e. The molecule has 1 aliphatic heterocycles. The van der Waals surface area contributed by atoms with Gasteiger partial charge in [0.25, 0.3) is 0 Å². The lowest BCUT2D eigenvalue weighted by Gasteiger charge is -2.08. The zero-order valence-corrected chi connectivity index (χ0v) is 9.10. The molecular weight excluding hydrogens is 218 g/mol. The summed E-state index contributed by atoms with van der Waals surface area (Å²) in [4.78, 5) is 14.9. The van der Waals surface area contributed by atoms with Crippen LogP contribution in [0.4, 0.5) is 4.79 Å². The van der Waals surface area contributed by atoms with Gasteiger partial charge in [0.2, 0.25) is 0 Å². The maximum atomic E-state index is 11.1. The normalized spacial score (nSPS) is 21.1. The average molecular weight is 226 g/mol. The van der Waals surface area contributed by atoms with Crippen LogP contribution in [-0.4, -0.2) is 11.0 Å². The van der Waals surface area contributed by atoms with Crippen molar-refractivity contribution in [3.8, 4) is 0 Å². The van der Waals surface area contributed by atoms with Crippen molar-refractivity contribution in [3.05, 3.63) is 34.9 Å². The van der Waals surface area contributed by atoms with Gasteiger partial charge < -0.3 is 0 Å². The van der Waals surface area contributed by atoms with Crippen LogP contribution in [-0.2, 0) is 0 Å². The van der Waals surface area contributed by atoms with Gasteiger partial charge in [0.15, 0.2) is 0 Å². The molecule has 0 N–H and O–H groups in total. The Hall–Kier alpha value is -0.800. The summed E-state index contributed by atoms with van der Waals surface area (Å²) in [5, 5.41) is 0.667. The average Bonchev–Trinajstić information content (AvgIpc) is 2.47. The molecule has 1 unspecified atom stereocenters. The van der Waals surface area contributed by atoms with Crippen molar-refractivity contribution in [3.63, 3.8) is 0 Å². The highest BCUT2D eigenvalue weighted by molar-refractivity contribution is 8.14. The number of hydrogen-bond donors (Lipinski definition) is 0. The number of nitrogens with zero attached hydrogens (tertiary/aromatic N) is 1. The fourth-order valence-electron chi connectivity index (χ4n) is 1.36. The van der Waals surface area contributed by atoms with Gasteiger partial charge in [-0.15, -0.1) is 0 Å². The van der Waals surface area contributed by atoms with Crippen LogP contribution in [0.15, 0.2) is 29.3 Å². The van der Waals surface area contributed by atoms with Gasteiger partial charge in [0.05, 0.1) is 5.25 Å². The number of rotatable bonds is 1. The number of carbonyl (C=O) groups is 1. The Kier molecular flexibility index (Phi) is 2.61. The first-order chi connectivity index (χ1) is 6.66. The van der Waals surface area contributed by atoms with Gasteiger partial charge >= 0.3 is 5.24 Å². The third-order valence-electron chi connectivity index (χ3n) is 2.04. The molecule has 1 aromatic carbocycles. The van der Waals surface area contributed by atoms with Gasteiger partial charge in [0, 0.05) is 10.7 Å². The highest BCUT2D eigenvalue weighted by Gasteiger charge is 2.25. The minimum Gasteiger partial charge on any atom is -0.259 e. The first kappa shape index (κ1) is 9.74. The second kappa shape index (κ2) is 3.75. The third-order valence-corrected chi connectivity index (χ3v) is 3.43. The van der Waals surface area contributed by atoms with Crippen LogP contribution in [0.5, 0.6) is 0 Å². The smallest absolute Gasteiger partial charge is 0.259 e. The molecule has 0 fully saturated rings. The van der Waals surface area contributed by atoms with Gasteiger partial charge in [-0.25, -0.2) is 4.99 Å². The van der Waals surface area contributed by atoms with Crippen molar-refractivity contribution in [2.75, 3.05) is 0 Å². The molecule has 2 rings (SSSR count). The maximum absolute atomic E-state index is 11.1. The fraction of sp³-hybridized carbons (Fsp3) is 0.200. The highest BCUT2D eigenvalue weighted by atomic mass is 35.5. The van der Waals surface area contributed by atoms with Crippen molar-refractivity contribution >= 4 is 34.3 Å². The monoisotopic (exact) mass is 225 g/mol. The zero-order valence-electron chi connectivity index (χ0n) is 7.53. The van der Waals surface area contributed by atoms with E-state index in [1.54, 1.807) is 0 Å². The minimum atomic E-state index is -0.109. The number of aliphatic imine (C=N–C) groups is 1. The minimum absolute atomic E-state index is 0.0692. The topological polar surface area (TPSA) is 29.4 Å². The van der Waals surface area contributed by atoms with Gasteiger partial charge in [0.1, 0.15) is 0 Å². The molecule has 4 heteroatoms. The van der Waals surface area contributed by atoms with Gasteiger partial charge in [-0.05, 0) is 36.4 Å². The second-order valence-corrected chi connectivity index (χ2v) is 4.56. The van der Waals surface area contributed by atoms with E-state index in [0.29, 0.717) is 5.02 Å². The third kappa shape index (κ3) is 1.83. The molecule has 0 aromatic heterocycles. The van der Waals surface area contributed by atoms with E-state index < -0.39 is 0 Å². The van der Waals surface area contributed by atoms with E-state index in [9.17, 15) is 4.79 Å². The molecule has 1 aliphatic rings. The van der Waals surface area contributed by atoms with Crippen molar-refractivity contribution in [2.45, 2.75) is 12.2 Å². The Morgan fingerprint density at radius 2 is 2.00 bits per heavy atom. The van der Waals surface area contributed by atoms with Crippen LogP contribution in [0, 0.1) is 0 Å². The lowest BCUT2D eigenvalue weighted by atomic mass is 10.1. The van der Waals surface area contributed by atoms with Crippen LogP contribution in [0.3, 0.4) is 0 Å². The fourth-order valence-corrected chi connectivity index (χ4v) is 2.40. The van der Waals surface area contributed by atoms with E-state index in [1.165, 1.54) is 11.8 Å². The molecule has 0 bridgehead atoms. The molecule has 0 radical (unpaired) electrons. The molecule has 72 valence electrons. The molecule has 14 heavy (non-hydrogen) atoms. The zero-order chi connectivity index (χ0) is 10.1. The maximum Gasteiger partial charge on any atom is 0.305 e. The van der Waals surface area contributed by atoms with Crippen molar-refractivity contribution in [1.29, 1.82) is 0 Å². The number of halogens is 1. The summed E-state index contributed by atoms with van der Waals surface area (Å²) in [6, 6.07) is 7.51. The molecular formula is C10H8ClNOS. The van der Waals surface area contributed by atoms with E-state index in [-0.39, 0.29) is 10.5 Å². The van der Waals surface area contributed by atoms with E-state index in [1.807, 2.05) is 31.2 Å².